The van der Waals surface area contributed by atoms with Gasteiger partial charge in [0.05, 0.1) is 13.2 Å². The second kappa shape index (κ2) is 6.01. The number of aromatic nitrogens is 1. The summed E-state index contributed by atoms with van der Waals surface area (Å²) in [4.78, 5) is 13.9. The van der Waals surface area contributed by atoms with E-state index in [0.717, 1.165) is 29.5 Å². The number of aliphatic hydroxyl groups is 1. The molecular weight excluding hydrogens is 280 g/mol. The van der Waals surface area contributed by atoms with Crippen molar-refractivity contribution in [3.05, 3.63) is 30.5 Å². The standard InChI is InChI=1S/C17H22N2O3/c1-18(10-16(20)12-3-4-12)17(21)11-19-8-7-13-9-14(22-2)5-6-15(13)19/h5-9,12,16,20H,3-4,10-11H2,1-2H3. The first-order chi connectivity index (χ1) is 10.6. The van der Waals surface area contributed by atoms with Crippen LogP contribution in [0.2, 0.25) is 0 Å². The number of aliphatic hydroxyl groups excluding tert-OH is 1. The lowest BCUT2D eigenvalue weighted by atomic mass is 10.2. The van der Waals surface area contributed by atoms with Crippen molar-refractivity contribution in [1.29, 1.82) is 0 Å². The summed E-state index contributed by atoms with van der Waals surface area (Å²) in [5.41, 5.74) is 1.00. The van der Waals surface area contributed by atoms with Crippen LogP contribution in [0.25, 0.3) is 10.9 Å². The van der Waals surface area contributed by atoms with E-state index in [4.69, 9.17) is 4.74 Å². The van der Waals surface area contributed by atoms with Crippen molar-refractivity contribution in [2.24, 2.45) is 5.92 Å². The van der Waals surface area contributed by atoms with Crippen molar-refractivity contribution in [1.82, 2.24) is 9.47 Å². The van der Waals surface area contributed by atoms with Crippen LogP contribution in [0.15, 0.2) is 30.5 Å². The summed E-state index contributed by atoms with van der Waals surface area (Å²) in [5.74, 6) is 1.20. The van der Waals surface area contributed by atoms with Gasteiger partial charge in [-0.15, -0.1) is 0 Å². The van der Waals surface area contributed by atoms with E-state index in [1.165, 1.54) is 0 Å². The van der Waals surface area contributed by atoms with Crippen LogP contribution in [0.3, 0.4) is 0 Å². The minimum Gasteiger partial charge on any atom is -0.497 e. The first-order valence-electron chi connectivity index (χ1n) is 7.63. The first-order valence-corrected chi connectivity index (χ1v) is 7.63. The van der Waals surface area contributed by atoms with Gasteiger partial charge in [-0.3, -0.25) is 4.79 Å². The van der Waals surface area contributed by atoms with Crippen molar-refractivity contribution in [3.8, 4) is 5.75 Å². The number of carbonyl (C=O) groups excluding carboxylic acids is 1. The molecule has 1 heterocycles. The lowest BCUT2D eigenvalue weighted by Gasteiger charge is -2.21. The van der Waals surface area contributed by atoms with Crippen LogP contribution >= 0.6 is 0 Å². The molecule has 0 aliphatic heterocycles. The highest BCUT2D eigenvalue weighted by Crippen LogP contribution is 2.32. The van der Waals surface area contributed by atoms with Crippen LogP contribution in [0.4, 0.5) is 0 Å². The van der Waals surface area contributed by atoms with Crippen molar-refractivity contribution < 1.29 is 14.6 Å². The Labute approximate surface area is 130 Å². The van der Waals surface area contributed by atoms with E-state index in [-0.39, 0.29) is 18.6 Å². The quantitative estimate of drug-likeness (QED) is 0.886. The molecule has 1 atom stereocenters. The van der Waals surface area contributed by atoms with Gasteiger partial charge in [0, 0.05) is 30.7 Å². The van der Waals surface area contributed by atoms with Crippen LogP contribution in [-0.4, -0.2) is 47.3 Å². The molecule has 0 radical (unpaired) electrons. The summed E-state index contributed by atoms with van der Waals surface area (Å²) in [6.07, 6.45) is 3.67. The maximum Gasteiger partial charge on any atom is 0.242 e. The van der Waals surface area contributed by atoms with E-state index >= 15 is 0 Å². The number of carbonyl (C=O) groups is 1. The third-order valence-corrected chi connectivity index (χ3v) is 4.34. The number of benzene rings is 1. The van der Waals surface area contributed by atoms with Gasteiger partial charge in [-0.2, -0.15) is 0 Å². The van der Waals surface area contributed by atoms with Gasteiger partial charge in [-0.1, -0.05) is 0 Å². The molecule has 1 fully saturated rings. The fourth-order valence-corrected chi connectivity index (χ4v) is 2.72. The second-order valence-electron chi connectivity index (χ2n) is 6.05. The predicted octanol–water partition coefficient (Wildman–Crippen LogP) is 1.88. The average molecular weight is 302 g/mol. The van der Waals surface area contributed by atoms with E-state index in [0.29, 0.717) is 12.5 Å². The molecule has 1 aliphatic rings. The smallest absolute Gasteiger partial charge is 0.242 e. The van der Waals surface area contributed by atoms with Crippen LogP contribution in [0.5, 0.6) is 5.75 Å². The zero-order valence-corrected chi connectivity index (χ0v) is 13.0. The summed E-state index contributed by atoms with van der Waals surface area (Å²) in [5, 5.41) is 11.0. The third kappa shape index (κ3) is 3.09. The molecule has 22 heavy (non-hydrogen) atoms. The molecule has 5 nitrogen and oxygen atoms in total. The number of nitrogens with zero attached hydrogens (tertiary/aromatic N) is 2. The Morgan fingerprint density at radius 1 is 1.45 bits per heavy atom. The van der Waals surface area contributed by atoms with Crippen molar-refractivity contribution in [3.63, 3.8) is 0 Å². The largest absolute Gasteiger partial charge is 0.497 e. The molecule has 1 saturated carbocycles. The maximum atomic E-state index is 12.3. The zero-order valence-electron chi connectivity index (χ0n) is 13.0. The molecule has 1 aromatic carbocycles. The number of rotatable bonds is 6. The molecule has 5 heteroatoms. The third-order valence-electron chi connectivity index (χ3n) is 4.34. The molecule has 0 bridgehead atoms. The summed E-state index contributed by atoms with van der Waals surface area (Å²) < 4.78 is 7.14. The average Bonchev–Trinajstić information content (AvgIpc) is 3.30. The Balaban J connectivity index is 1.68. The van der Waals surface area contributed by atoms with Crippen LogP contribution in [-0.2, 0) is 11.3 Å². The number of fused-ring (bicyclic) bond motifs is 1. The molecule has 1 N–H and O–H groups in total. The van der Waals surface area contributed by atoms with Crippen molar-refractivity contribution in [2.75, 3.05) is 20.7 Å². The lowest BCUT2D eigenvalue weighted by Crippen LogP contribution is -2.37. The highest BCUT2D eigenvalue weighted by molar-refractivity contribution is 5.84. The molecule has 0 spiro atoms. The molecule has 1 aromatic heterocycles. The van der Waals surface area contributed by atoms with Gasteiger partial charge in [-0.05, 0) is 43.0 Å². The van der Waals surface area contributed by atoms with Gasteiger partial charge >= 0.3 is 0 Å². The summed E-state index contributed by atoms with van der Waals surface area (Å²) >= 11 is 0. The number of hydrogen-bond donors (Lipinski definition) is 1. The number of hydrogen-bond acceptors (Lipinski definition) is 3. The molecule has 2 aromatic rings. The van der Waals surface area contributed by atoms with E-state index in [1.54, 1.807) is 19.1 Å². The highest BCUT2D eigenvalue weighted by Gasteiger charge is 2.31. The lowest BCUT2D eigenvalue weighted by molar-refractivity contribution is -0.131. The van der Waals surface area contributed by atoms with Crippen LogP contribution < -0.4 is 4.74 Å². The number of ether oxygens (including phenoxy) is 1. The predicted molar refractivity (Wildman–Crippen MR) is 84.9 cm³/mol. The topological polar surface area (TPSA) is 54.7 Å². The van der Waals surface area contributed by atoms with Gasteiger partial charge < -0.3 is 19.3 Å². The number of likely N-dealkylation sites (N-methyl/N-ethyl adjacent to an activating group) is 1. The fourth-order valence-electron chi connectivity index (χ4n) is 2.72. The van der Waals surface area contributed by atoms with Gasteiger partial charge in [0.2, 0.25) is 5.91 Å². The number of methoxy groups -OCH3 is 1. The Kier molecular flexibility index (Phi) is 4.07. The molecular formula is C17H22N2O3. The normalized spacial score (nSPS) is 15.8. The van der Waals surface area contributed by atoms with Gasteiger partial charge in [0.15, 0.2) is 0 Å². The summed E-state index contributed by atoms with van der Waals surface area (Å²) in [7, 11) is 3.39. The molecule has 1 unspecified atom stereocenters. The number of amides is 1. The molecule has 1 aliphatic carbocycles. The molecule has 3 rings (SSSR count). The fraction of sp³-hybridized carbons (Fsp3) is 0.471. The minimum absolute atomic E-state index is 0.00742. The maximum absolute atomic E-state index is 12.3. The van der Waals surface area contributed by atoms with Gasteiger partial charge in [-0.25, -0.2) is 0 Å². The van der Waals surface area contributed by atoms with E-state index in [9.17, 15) is 9.90 Å². The second-order valence-corrected chi connectivity index (χ2v) is 6.05. The van der Waals surface area contributed by atoms with E-state index < -0.39 is 0 Å². The Hall–Kier alpha value is -2.01. The Morgan fingerprint density at radius 3 is 2.91 bits per heavy atom. The van der Waals surface area contributed by atoms with Gasteiger partial charge in [0.1, 0.15) is 12.3 Å². The summed E-state index contributed by atoms with van der Waals surface area (Å²) in [6.45, 7) is 0.695. The summed E-state index contributed by atoms with van der Waals surface area (Å²) in [6, 6.07) is 7.78. The Morgan fingerprint density at radius 2 is 2.23 bits per heavy atom. The van der Waals surface area contributed by atoms with Crippen molar-refractivity contribution in [2.45, 2.75) is 25.5 Å². The SMILES string of the molecule is COc1ccc2c(ccn2CC(=O)N(C)CC(O)C2CC2)c1. The Bertz CT molecular complexity index is 676. The minimum atomic E-state index is -0.389. The highest BCUT2D eigenvalue weighted by atomic mass is 16.5. The molecule has 118 valence electrons. The van der Waals surface area contributed by atoms with Gasteiger partial charge in [0.25, 0.3) is 0 Å². The van der Waals surface area contributed by atoms with E-state index in [1.807, 2.05) is 35.0 Å². The van der Waals surface area contributed by atoms with Crippen molar-refractivity contribution >= 4 is 16.8 Å². The van der Waals surface area contributed by atoms with Crippen LogP contribution in [0, 0.1) is 5.92 Å². The molecule has 0 saturated heterocycles. The zero-order chi connectivity index (χ0) is 15.7. The monoisotopic (exact) mass is 302 g/mol. The van der Waals surface area contributed by atoms with E-state index in [2.05, 4.69) is 0 Å². The molecule has 1 amide bonds. The first kappa shape index (κ1) is 14.9. The van der Waals surface area contributed by atoms with Crippen LogP contribution in [0.1, 0.15) is 12.8 Å².